The van der Waals surface area contributed by atoms with Crippen molar-refractivity contribution in [1.29, 1.82) is 0 Å². The summed E-state index contributed by atoms with van der Waals surface area (Å²) in [6.07, 6.45) is 0.992. The molecule has 0 amide bonds. The predicted molar refractivity (Wildman–Crippen MR) is 104 cm³/mol. The van der Waals surface area contributed by atoms with Gasteiger partial charge in [0, 0.05) is 12.0 Å². The second kappa shape index (κ2) is 7.52. The zero-order valence-corrected chi connectivity index (χ0v) is 15.3. The molecule has 0 unspecified atom stereocenters. The van der Waals surface area contributed by atoms with Crippen molar-refractivity contribution in [2.75, 3.05) is 7.11 Å². The number of aryl methyl sites for hydroxylation is 2. The van der Waals surface area contributed by atoms with Gasteiger partial charge in [0.1, 0.15) is 0 Å². The number of ether oxygens (including phenoxy) is 1. The number of methoxy groups -OCH3 is 1. The summed E-state index contributed by atoms with van der Waals surface area (Å²) in [4.78, 5) is 23.4. The van der Waals surface area contributed by atoms with E-state index in [1.807, 2.05) is 37.3 Å². The number of hydrogen-bond acceptors (Lipinski definition) is 3. The van der Waals surface area contributed by atoms with E-state index in [-0.39, 0.29) is 11.8 Å². The Kier molecular flexibility index (Phi) is 5.17. The predicted octanol–water partition coefficient (Wildman–Crippen LogP) is 5.12. The van der Waals surface area contributed by atoms with Crippen LogP contribution in [0.4, 0.5) is 0 Å². The van der Waals surface area contributed by atoms with Crippen LogP contribution in [-0.4, -0.2) is 18.9 Å². The summed E-state index contributed by atoms with van der Waals surface area (Å²) in [7, 11) is 1.41. The van der Waals surface area contributed by atoms with Gasteiger partial charge in [-0.3, -0.25) is 9.59 Å². The van der Waals surface area contributed by atoms with E-state index in [2.05, 4.69) is 24.3 Å². The molecule has 0 aliphatic heterocycles. The lowest BCUT2D eigenvalue weighted by Gasteiger charge is -2.13. The lowest BCUT2D eigenvalue weighted by atomic mass is 9.92. The maximum atomic E-state index is 12.0. The molecule has 0 aliphatic carbocycles. The first-order valence-electron chi connectivity index (χ1n) is 8.70. The molecular weight excluding hydrogens is 324 g/mol. The first kappa shape index (κ1) is 17.9. The maximum absolute atomic E-state index is 12.0. The zero-order valence-electron chi connectivity index (χ0n) is 15.3. The van der Waals surface area contributed by atoms with E-state index in [1.54, 1.807) is 6.92 Å². The number of ketones is 1. The average molecular weight is 346 g/mol. The molecule has 0 heterocycles. The zero-order chi connectivity index (χ0) is 18.7. The van der Waals surface area contributed by atoms with E-state index in [0.29, 0.717) is 18.4 Å². The summed E-state index contributed by atoms with van der Waals surface area (Å²) < 4.78 is 4.75. The van der Waals surface area contributed by atoms with Crippen molar-refractivity contribution >= 4 is 22.5 Å². The normalized spacial score (nSPS) is 10.7. The van der Waals surface area contributed by atoms with Crippen LogP contribution in [0.15, 0.2) is 54.6 Å². The molecule has 0 saturated carbocycles. The molecule has 0 aliphatic rings. The quantitative estimate of drug-likeness (QED) is 0.475. The van der Waals surface area contributed by atoms with Crippen LogP contribution >= 0.6 is 0 Å². The van der Waals surface area contributed by atoms with Gasteiger partial charge in [0.05, 0.1) is 7.11 Å². The molecule has 3 nitrogen and oxygen atoms in total. The van der Waals surface area contributed by atoms with Crippen molar-refractivity contribution in [2.45, 2.75) is 26.7 Å². The third-order valence-electron chi connectivity index (χ3n) is 4.75. The summed E-state index contributed by atoms with van der Waals surface area (Å²) in [5.41, 5.74) is 5.05. The number of carbonyl (C=O) groups excluding carboxylic acids is 2. The highest BCUT2D eigenvalue weighted by Gasteiger charge is 2.11. The Morgan fingerprint density at radius 1 is 1.00 bits per heavy atom. The van der Waals surface area contributed by atoms with Crippen molar-refractivity contribution in [2.24, 2.45) is 0 Å². The SMILES string of the molecule is COC(=O)CCc1cc(-c2cc(C(C)=O)cc3ccccc23)ccc1C. The molecular formula is C23H22O3. The Labute approximate surface area is 153 Å². The minimum absolute atomic E-state index is 0.0510. The lowest BCUT2D eigenvalue weighted by molar-refractivity contribution is -0.140. The molecule has 132 valence electrons. The van der Waals surface area contributed by atoms with Crippen molar-refractivity contribution in [3.05, 3.63) is 71.3 Å². The molecule has 0 aromatic heterocycles. The van der Waals surface area contributed by atoms with E-state index < -0.39 is 0 Å². The highest BCUT2D eigenvalue weighted by molar-refractivity contribution is 6.04. The molecule has 26 heavy (non-hydrogen) atoms. The second-order valence-electron chi connectivity index (χ2n) is 6.52. The number of carbonyl (C=O) groups is 2. The molecule has 3 aromatic rings. The Hall–Kier alpha value is -2.94. The Morgan fingerprint density at radius 3 is 2.50 bits per heavy atom. The number of rotatable bonds is 5. The Bertz CT molecular complexity index is 986. The molecule has 0 bridgehead atoms. The van der Waals surface area contributed by atoms with E-state index in [4.69, 9.17) is 4.74 Å². The minimum Gasteiger partial charge on any atom is -0.469 e. The third-order valence-corrected chi connectivity index (χ3v) is 4.75. The van der Waals surface area contributed by atoms with Crippen LogP contribution < -0.4 is 0 Å². The third kappa shape index (κ3) is 3.67. The van der Waals surface area contributed by atoms with Crippen LogP contribution in [0.1, 0.15) is 34.8 Å². The van der Waals surface area contributed by atoms with Crippen molar-refractivity contribution in [3.63, 3.8) is 0 Å². The minimum atomic E-state index is -0.209. The van der Waals surface area contributed by atoms with E-state index >= 15 is 0 Å². The topological polar surface area (TPSA) is 43.4 Å². The van der Waals surface area contributed by atoms with Crippen LogP contribution in [0.5, 0.6) is 0 Å². The first-order valence-corrected chi connectivity index (χ1v) is 8.70. The molecule has 0 radical (unpaired) electrons. The number of benzene rings is 3. The largest absolute Gasteiger partial charge is 0.469 e. The average Bonchev–Trinajstić information content (AvgIpc) is 2.66. The Morgan fingerprint density at radius 2 is 1.77 bits per heavy atom. The van der Waals surface area contributed by atoms with Crippen LogP contribution in [0, 0.1) is 6.92 Å². The highest BCUT2D eigenvalue weighted by atomic mass is 16.5. The second-order valence-corrected chi connectivity index (χ2v) is 6.52. The molecule has 3 rings (SSSR count). The van der Waals surface area contributed by atoms with Crippen LogP contribution in [-0.2, 0) is 16.0 Å². The van der Waals surface area contributed by atoms with Gasteiger partial charge >= 0.3 is 5.97 Å². The van der Waals surface area contributed by atoms with Crippen molar-refractivity contribution in [3.8, 4) is 11.1 Å². The maximum Gasteiger partial charge on any atom is 0.305 e. The molecule has 0 spiro atoms. The van der Waals surface area contributed by atoms with E-state index in [9.17, 15) is 9.59 Å². The van der Waals surface area contributed by atoms with Gasteiger partial charge < -0.3 is 4.74 Å². The molecule has 3 heteroatoms. The number of Topliss-reactive ketones (excluding diaryl/α,β-unsaturated/α-hetero) is 1. The Balaban J connectivity index is 2.11. The summed E-state index contributed by atoms with van der Waals surface area (Å²) >= 11 is 0. The van der Waals surface area contributed by atoms with Gasteiger partial charge in [-0.05, 0) is 65.4 Å². The fourth-order valence-corrected chi connectivity index (χ4v) is 3.20. The molecule has 0 atom stereocenters. The van der Waals surface area contributed by atoms with Gasteiger partial charge in [-0.15, -0.1) is 0 Å². The van der Waals surface area contributed by atoms with E-state index in [1.165, 1.54) is 7.11 Å². The summed E-state index contributed by atoms with van der Waals surface area (Å²) in [6.45, 7) is 3.63. The van der Waals surface area contributed by atoms with Gasteiger partial charge in [-0.25, -0.2) is 0 Å². The van der Waals surface area contributed by atoms with Crippen LogP contribution in [0.3, 0.4) is 0 Å². The first-order chi connectivity index (χ1) is 12.5. The molecule has 0 fully saturated rings. The van der Waals surface area contributed by atoms with Crippen LogP contribution in [0.25, 0.3) is 21.9 Å². The monoisotopic (exact) mass is 346 g/mol. The van der Waals surface area contributed by atoms with Gasteiger partial charge in [0.25, 0.3) is 0 Å². The number of esters is 1. The fourth-order valence-electron chi connectivity index (χ4n) is 3.20. The molecule has 0 N–H and O–H groups in total. The lowest BCUT2D eigenvalue weighted by Crippen LogP contribution is -2.03. The van der Waals surface area contributed by atoms with Crippen molar-refractivity contribution in [1.82, 2.24) is 0 Å². The van der Waals surface area contributed by atoms with Gasteiger partial charge in [-0.2, -0.15) is 0 Å². The fraction of sp³-hybridized carbons (Fsp3) is 0.217. The van der Waals surface area contributed by atoms with E-state index in [0.717, 1.165) is 33.0 Å². The number of hydrogen-bond donors (Lipinski definition) is 0. The highest BCUT2D eigenvalue weighted by Crippen LogP contribution is 2.32. The van der Waals surface area contributed by atoms with Gasteiger partial charge in [0.2, 0.25) is 0 Å². The molecule has 3 aromatic carbocycles. The van der Waals surface area contributed by atoms with Crippen molar-refractivity contribution < 1.29 is 14.3 Å². The van der Waals surface area contributed by atoms with Gasteiger partial charge in [0.15, 0.2) is 5.78 Å². The smallest absolute Gasteiger partial charge is 0.305 e. The summed E-state index contributed by atoms with van der Waals surface area (Å²) in [5.74, 6) is -0.158. The standard InChI is InChI=1S/C23H22O3/c1-15-8-9-19(12-17(15)10-11-23(25)26-3)22-14-20(16(2)24)13-18-6-4-5-7-21(18)22/h4-9,12-14H,10-11H2,1-3H3. The summed E-state index contributed by atoms with van der Waals surface area (Å²) in [6, 6.07) is 18.2. The van der Waals surface area contributed by atoms with Gasteiger partial charge in [-0.1, -0.05) is 42.5 Å². The number of fused-ring (bicyclic) bond motifs is 1. The molecule has 0 saturated heterocycles. The van der Waals surface area contributed by atoms with Crippen LogP contribution in [0.2, 0.25) is 0 Å². The summed E-state index contributed by atoms with van der Waals surface area (Å²) in [5, 5.41) is 2.16.